The van der Waals surface area contributed by atoms with E-state index in [2.05, 4.69) is 10.3 Å². The summed E-state index contributed by atoms with van der Waals surface area (Å²) in [5.41, 5.74) is 1.90. The SMILES string of the molecule is COc1ccc(NC(=O)COC(=O)CCn2cnc3c(C)cccc3c2=O)cc1. The first-order valence-electron chi connectivity index (χ1n) is 9.02. The molecule has 3 aromatic rings. The van der Waals surface area contributed by atoms with Crippen LogP contribution in [0.1, 0.15) is 12.0 Å². The highest BCUT2D eigenvalue weighted by Crippen LogP contribution is 2.15. The van der Waals surface area contributed by atoms with Gasteiger partial charge in [-0.25, -0.2) is 4.98 Å². The second-order valence-corrected chi connectivity index (χ2v) is 6.40. The summed E-state index contributed by atoms with van der Waals surface area (Å²) in [5.74, 6) is -0.363. The van der Waals surface area contributed by atoms with Gasteiger partial charge in [0.2, 0.25) is 0 Å². The number of anilines is 1. The van der Waals surface area contributed by atoms with E-state index in [0.717, 1.165) is 5.56 Å². The summed E-state index contributed by atoms with van der Waals surface area (Å²) in [5, 5.41) is 3.12. The van der Waals surface area contributed by atoms with Crippen LogP contribution in [-0.2, 0) is 20.9 Å². The topological polar surface area (TPSA) is 99.5 Å². The Hall–Kier alpha value is -3.68. The molecule has 8 nitrogen and oxygen atoms in total. The quantitative estimate of drug-likeness (QED) is 0.616. The molecule has 8 heteroatoms. The molecule has 150 valence electrons. The maximum absolute atomic E-state index is 12.5. The smallest absolute Gasteiger partial charge is 0.308 e. The number of hydrogen-bond acceptors (Lipinski definition) is 6. The van der Waals surface area contributed by atoms with Gasteiger partial charge >= 0.3 is 5.97 Å². The van der Waals surface area contributed by atoms with Gasteiger partial charge in [0.05, 0.1) is 30.8 Å². The highest BCUT2D eigenvalue weighted by Gasteiger charge is 2.11. The van der Waals surface area contributed by atoms with Crippen LogP contribution in [0.2, 0.25) is 0 Å². The number of nitrogens with zero attached hydrogens (tertiary/aromatic N) is 2. The third-order valence-electron chi connectivity index (χ3n) is 4.35. The Morgan fingerprint density at radius 1 is 1.14 bits per heavy atom. The Morgan fingerprint density at radius 3 is 2.62 bits per heavy atom. The first kappa shape index (κ1) is 20.1. The fraction of sp³-hybridized carbons (Fsp3) is 0.238. The molecule has 0 bridgehead atoms. The summed E-state index contributed by atoms with van der Waals surface area (Å²) in [7, 11) is 1.55. The minimum absolute atomic E-state index is 0.0469. The van der Waals surface area contributed by atoms with Gasteiger partial charge in [0.15, 0.2) is 6.61 Å². The highest BCUT2D eigenvalue weighted by atomic mass is 16.5. The molecule has 0 radical (unpaired) electrons. The van der Waals surface area contributed by atoms with E-state index in [1.54, 1.807) is 43.5 Å². The molecule has 0 aliphatic carbocycles. The van der Waals surface area contributed by atoms with Crippen LogP contribution in [0.3, 0.4) is 0 Å². The van der Waals surface area contributed by atoms with Crippen molar-refractivity contribution in [3.05, 3.63) is 64.7 Å². The minimum Gasteiger partial charge on any atom is -0.497 e. The lowest BCUT2D eigenvalue weighted by molar-refractivity contribution is -0.147. The van der Waals surface area contributed by atoms with E-state index in [-0.39, 0.29) is 18.5 Å². The van der Waals surface area contributed by atoms with Gasteiger partial charge in [-0.2, -0.15) is 0 Å². The number of rotatable bonds is 7. The summed E-state index contributed by atoms with van der Waals surface area (Å²) in [6.45, 7) is 1.59. The van der Waals surface area contributed by atoms with Gasteiger partial charge in [0.1, 0.15) is 5.75 Å². The number of hydrogen-bond donors (Lipinski definition) is 1. The van der Waals surface area contributed by atoms with E-state index >= 15 is 0 Å². The van der Waals surface area contributed by atoms with E-state index in [9.17, 15) is 14.4 Å². The lowest BCUT2D eigenvalue weighted by Gasteiger charge is -2.09. The van der Waals surface area contributed by atoms with Crippen LogP contribution in [0.25, 0.3) is 10.9 Å². The third-order valence-corrected chi connectivity index (χ3v) is 4.35. The van der Waals surface area contributed by atoms with Crippen LogP contribution < -0.4 is 15.6 Å². The van der Waals surface area contributed by atoms with Crippen LogP contribution in [0.5, 0.6) is 5.75 Å². The van der Waals surface area contributed by atoms with Crippen molar-refractivity contribution < 1.29 is 19.1 Å². The molecule has 0 atom stereocenters. The number of esters is 1. The molecule has 1 N–H and O–H groups in total. The lowest BCUT2D eigenvalue weighted by Crippen LogP contribution is -2.24. The number of para-hydroxylation sites is 1. The molecule has 0 saturated heterocycles. The average Bonchev–Trinajstić information content (AvgIpc) is 2.73. The van der Waals surface area contributed by atoms with Crippen molar-refractivity contribution in [3.63, 3.8) is 0 Å². The molecule has 0 saturated carbocycles. The van der Waals surface area contributed by atoms with E-state index in [1.807, 2.05) is 13.0 Å². The molecule has 1 amide bonds. The third kappa shape index (κ3) is 4.98. The molecule has 0 aliphatic heterocycles. The minimum atomic E-state index is -0.578. The van der Waals surface area contributed by atoms with Crippen molar-refractivity contribution >= 4 is 28.5 Å². The molecular weight excluding hydrogens is 374 g/mol. The zero-order valence-electron chi connectivity index (χ0n) is 16.2. The van der Waals surface area contributed by atoms with Crippen LogP contribution in [0.15, 0.2) is 53.6 Å². The van der Waals surface area contributed by atoms with E-state index in [4.69, 9.17) is 9.47 Å². The highest BCUT2D eigenvalue weighted by molar-refractivity contribution is 5.92. The largest absolute Gasteiger partial charge is 0.497 e. The molecular formula is C21H21N3O5. The van der Waals surface area contributed by atoms with Crippen molar-refractivity contribution in [2.75, 3.05) is 19.0 Å². The Balaban J connectivity index is 1.51. The zero-order valence-corrected chi connectivity index (χ0v) is 16.2. The molecule has 0 spiro atoms. The number of fused-ring (bicyclic) bond motifs is 1. The number of aryl methyl sites for hydroxylation is 2. The maximum atomic E-state index is 12.5. The first-order valence-corrected chi connectivity index (χ1v) is 9.02. The maximum Gasteiger partial charge on any atom is 0.308 e. The molecule has 1 heterocycles. The number of benzene rings is 2. The second-order valence-electron chi connectivity index (χ2n) is 6.40. The Kier molecular flexibility index (Phi) is 6.23. The number of nitrogens with one attached hydrogen (secondary N) is 1. The van der Waals surface area contributed by atoms with Gasteiger partial charge in [-0.3, -0.25) is 19.0 Å². The Labute approximate surface area is 167 Å². The monoisotopic (exact) mass is 395 g/mol. The second kappa shape index (κ2) is 9.01. The normalized spacial score (nSPS) is 10.6. The summed E-state index contributed by atoms with van der Waals surface area (Å²) >= 11 is 0. The molecule has 29 heavy (non-hydrogen) atoms. The summed E-state index contributed by atoms with van der Waals surface area (Å²) < 4.78 is 11.4. The zero-order chi connectivity index (χ0) is 20.8. The molecule has 1 aromatic heterocycles. The van der Waals surface area contributed by atoms with E-state index in [0.29, 0.717) is 22.3 Å². The number of carbonyl (C=O) groups excluding carboxylic acids is 2. The molecule has 0 unspecified atom stereocenters. The van der Waals surface area contributed by atoms with Crippen molar-refractivity contribution in [1.82, 2.24) is 9.55 Å². The molecule has 3 rings (SSSR count). The van der Waals surface area contributed by atoms with Gasteiger partial charge in [0.25, 0.3) is 11.5 Å². The molecule has 0 fully saturated rings. The number of methoxy groups -OCH3 is 1. The van der Waals surface area contributed by atoms with Crippen LogP contribution >= 0.6 is 0 Å². The number of aromatic nitrogens is 2. The number of carbonyl (C=O) groups is 2. The van der Waals surface area contributed by atoms with Gasteiger partial charge < -0.3 is 14.8 Å². The van der Waals surface area contributed by atoms with Gasteiger partial charge in [-0.05, 0) is 42.8 Å². The number of amides is 1. The van der Waals surface area contributed by atoms with Crippen LogP contribution in [0.4, 0.5) is 5.69 Å². The van der Waals surface area contributed by atoms with Gasteiger partial charge in [-0.1, -0.05) is 12.1 Å². The first-order chi connectivity index (χ1) is 14.0. The summed E-state index contributed by atoms with van der Waals surface area (Å²) in [6, 6.07) is 12.2. The Bertz CT molecular complexity index is 1090. The van der Waals surface area contributed by atoms with Gasteiger partial charge in [-0.15, -0.1) is 0 Å². The van der Waals surface area contributed by atoms with E-state index in [1.165, 1.54) is 10.9 Å². The van der Waals surface area contributed by atoms with Gasteiger partial charge in [0, 0.05) is 12.2 Å². The van der Waals surface area contributed by atoms with Crippen LogP contribution in [-0.4, -0.2) is 35.1 Å². The fourth-order valence-corrected chi connectivity index (χ4v) is 2.80. The van der Waals surface area contributed by atoms with Crippen molar-refractivity contribution in [3.8, 4) is 5.75 Å². The standard InChI is InChI=1S/C21H21N3O5/c1-14-4-3-5-17-20(14)22-13-24(21(17)27)11-10-19(26)29-12-18(25)23-15-6-8-16(28-2)9-7-15/h3-9,13H,10-12H2,1-2H3,(H,23,25). The summed E-state index contributed by atoms with van der Waals surface area (Å²) in [6.07, 6.45) is 1.37. The van der Waals surface area contributed by atoms with E-state index < -0.39 is 18.5 Å². The number of ether oxygens (including phenoxy) is 2. The Morgan fingerprint density at radius 2 is 1.90 bits per heavy atom. The fourth-order valence-electron chi connectivity index (χ4n) is 2.80. The molecule has 0 aliphatic rings. The van der Waals surface area contributed by atoms with Crippen molar-refractivity contribution in [1.29, 1.82) is 0 Å². The van der Waals surface area contributed by atoms with Crippen molar-refractivity contribution in [2.45, 2.75) is 19.9 Å². The predicted molar refractivity (Wildman–Crippen MR) is 108 cm³/mol. The van der Waals surface area contributed by atoms with Crippen LogP contribution in [0, 0.1) is 6.92 Å². The summed E-state index contributed by atoms with van der Waals surface area (Å²) in [4.78, 5) is 40.6. The average molecular weight is 395 g/mol. The van der Waals surface area contributed by atoms with Crippen molar-refractivity contribution in [2.24, 2.45) is 0 Å². The predicted octanol–water partition coefficient (Wildman–Crippen LogP) is 2.29. The lowest BCUT2D eigenvalue weighted by atomic mass is 10.1. The molecule has 2 aromatic carbocycles.